The number of rotatable bonds is 3. The van der Waals surface area contributed by atoms with E-state index in [1.54, 1.807) is 18.2 Å². The van der Waals surface area contributed by atoms with Crippen molar-refractivity contribution < 1.29 is 13.6 Å². The fraction of sp³-hybridized carbons (Fsp3) is 0.125. The first kappa shape index (κ1) is 10.4. The summed E-state index contributed by atoms with van der Waals surface area (Å²) in [7, 11) is 0. The van der Waals surface area contributed by atoms with Crippen LogP contribution in [0.25, 0.3) is 0 Å². The van der Waals surface area contributed by atoms with E-state index in [2.05, 4.69) is 0 Å². The van der Waals surface area contributed by atoms with Crippen molar-refractivity contribution in [1.29, 1.82) is 0 Å². The lowest BCUT2D eigenvalue weighted by Crippen LogP contribution is -2.00. The molecule has 0 amide bonds. The lowest BCUT2D eigenvalue weighted by molar-refractivity contribution is 0.108. The van der Waals surface area contributed by atoms with Crippen LogP contribution in [-0.4, -0.2) is 14.0 Å². The van der Waals surface area contributed by atoms with Crippen LogP contribution in [0.4, 0.5) is 0 Å². The summed E-state index contributed by atoms with van der Waals surface area (Å²) >= 11 is 3.05. The average Bonchev–Trinajstić information content (AvgIpc) is 2.03. The summed E-state index contributed by atoms with van der Waals surface area (Å²) in [5.74, 6) is -0.186. The first-order valence-electron chi connectivity index (χ1n) is 3.45. The lowest BCUT2D eigenvalue weighted by atomic mass is 10.1. The third kappa shape index (κ3) is 2.91. The second kappa shape index (κ2) is 4.50. The number of benzene rings is 1. The maximum atomic E-state index is 10.8. The monoisotopic (exact) mass is 217 g/mol. The highest BCUT2D eigenvalue weighted by atomic mass is 35.5. The van der Waals surface area contributed by atoms with Gasteiger partial charge in [-0.3, -0.25) is 9.00 Å². The van der Waals surface area contributed by atoms with Crippen LogP contribution in [0.2, 0.25) is 0 Å². The van der Waals surface area contributed by atoms with Gasteiger partial charge in [0.25, 0.3) is 5.24 Å². The van der Waals surface area contributed by atoms with E-state index in [1.807, 2.05) is 0 Å². The van der Waals surface area contributed by atoms with Crippen molar-refractivity contribution >= 4 is 27.9 Å². The van der Waals surface area contributed by atoms with E-state index in [1.165, 1.54) is 6.07 Å². The van der Waals surface area contributed by atoms with E-state index in [9.17, 15) is 13.6 Å². The zero-order valence-electron chi connectivity index (χ0n) is 6.53. The maximum Gasteiger partial charge on any atom is 0.252 e. The molecule has 1 atom stereocenters. The van der Waals surface area contributed by atoms with Crippen molar-refractivity contribution in [3.8, 4) is 0 Å². The second-order valence-corrected chi connectivity index (χ2v) is 3.62. The largest absolute Gasteiger partial charge is 0.772 e. The Balaban J connectivity index is 3.04. The van der Waals surface area contributed by atoms with Crippen molar-refractivity contribution in [2.75, 3.05) is 0 Å². The quantitative estimate of drug-likeness (QED) is 0.569. The summed E-state index contributed by atoms with van der Waals surface area (Å²) < 4.78 is 20.8. The van der Waals surface area contributed by atoms with Gasteiger partial charge in [0.15, 0.2) is 0 Å². The van der Waals surface area contributed by atoms with Crippen LogP contribution in [-0.2, 0) is 16.8 Å². The van der Waals surface area contributed by atoms with Gasteiger partial charge in [0.2, 0.25) is 0 Å². The van der Waals surface area contributed by atoms with Gasteiger partial charge in [0.1, 0.15) is 0 Å². The molecule has 5 heteroatoms. The SMILES string of the molecule is O=C(Cl)c1ccccc1CS(=O)[O-]. The molecular formula is C8H6ClO3S-. The number of hydrogen-bond acceptors (Lipinski definition) is 3. The number of hydrogen-bond donors (Lipinski definition) is 0. The molecule has 0 bridgehead atoms. The van der Waals surface area contributed by atoms with Gasteiger partial charge in [-0.2, -0.15) is 0 Å². The fourth-order valence-corrected chi connectivity index (χ4v) is 1.65. The summed E-state index contributed by atoms with van der Waals surface area (Å²) in [5, 5.41) is -0.638. The van der Waals surface area contributed by atoms with Crippen molar-refractivity contribution in [1.82, 2.24) is 0 Å². The molecule has 0 fully saturated rings. The molecule has 70 valence electrons. The van der Waals surface area contributed by atoms with Crippen molar-refractivity contribution in [2.45, 2.75) is 5.75 Å². The molecule has 0 radical (unpaired) electrons. The minimum absolute atomic E-state index is 0.186. The van der Waals surface area contributed by atoms with Crippen molar-refractivity contribution in [3.63, 3.8) is 0 Å². The van der Waals surface area contributed by atoms with E-state index in [4.69, 9.17) is 11.6 Å². The molecule has 1 aromatic rings. The smallest absolute Gasteiger partial charge is 0.252 e. The number of carbonyl (C=O) groups excluding carboxylic acids is 1. The Kier molecular flexibility index (Phi) is 3.59. The Morgan fingerprint density at radius 2 is 2.08 bits per heavy atom. The summed E-state index contributed by atoms with van der Waals surface area (Å²) in [6.07, 6.45) is 0. The van der Waals surface area contributed by atoms with Crippen LogP contribution in [0.5, 0.6) is 0 Å². The molecule has 13 heavy (non-hydrogen) atoms. The summed E-state index contributed by atoms with van der Waals surface area (Å²) in [6, 6.07) is 6.35. The molecule has 0 aliphatic rings. The van der Waals surface area contributed by atoms with E-state index in [-0.39, 0.29) is 11.3 Å². The highest BCUT2D eigenvalue weighted by Crippen LogP contribution is 2.12. The van der Waals surface area contributed by atoms with Crippen LogP contribution >= 0.6 is 11.6 Å². The molecule has 0 heterocycles. The number of carbonyl (C=O) groups is 1. The molecule has 0 aliphatic heterocycles. The fourth-order valence-electron chi connectivity index (χ4n) is 0.965. The van der Waals surface area contributed by atoms with E-state index < -0.39 is 16.3 Å². The topological polar surface area (TPSA) is 57.2 Å². The Morgan fingerprint density at radius 1 is 1.46 bits per heavy atom. The molecule has 0 N–H and O–H groups in total. The molecule has 0 saturated heterocycles. The lowest BCUT2D eigenvalue weighted by Gasteiger charge is -2.07. The van der Waals surface area contributed by atoms with Gasteiger partial charge in [0.05, 0.1) is 0 Å². The van der Waals surface area contributed by atoms with Crippen molar-refractivity contribution in [2.24, 2.45) is 0 Å². The standard InChI is InChI=1S/C8H7ClO3S/c9-8(10)7-4-2-1-3-6(7)5-13(11)12/h1-4H,5H2,(H,11,12)/p-1. The van der Waals surface area contributed by atoms with Crippen molar-refractivity contribution in [3.05, 3.63) is 35.4 Å². The van der Waals surface area contributed by atoms with Gasteiger partial charge in [-0.25, -0.2) is 0 Å². The van der Waals surface area contributed by atoms with Gasteiger partial charge in [-0.15, -0.1) is 0 Å². The summed E-state index contributed by atoms with van der Waals surface area (Å²) in [4.78, 5) is 10.8. The molecule has 1 aromatic carbocycles. The van der Waals surface area contributed by atoms with Gasteiger partial charge < -0.3 is 4.55 Å². The Hall–Kier alpha value is -0.710. The zero-order chi connectivity index (χ0) is 9.84. The summed E-state index contributed by atoms with van der Waals surface area (Å²) in [5.41, 5.74) is 0.671. The van der Waals surface area contributed by atoms with Crippen LogP contribution in [0.15, 0.2) is 24.3 Å². The van der Waals surface area contributed by atoms with Crippen LogP contribution in [0.1, 0.15) is 15.9 Å². The minimum atomic E-state index is -2.20. The van der Waals surface area contributed by atoms with Crippen LogP contribution in [0.3, 0.4) is 0 Å². The first-order valence-corrected chi connectivity index (χ1v) is 5.07. The van der Waals surface area contributed by atoms with Gasteiger partial charge in [-0.1, -0.05) is 29.3 Å². The Bertz CT molecular complexity index is 351. The van der Waals surface area contributed by atoms with E-state index in [0.717, 1.165) is 0 Å². The molecule has 0 aromatic heterocycles. The first-order chi connectivity index (χ1) is 6.11. The van der Waals surface area contributed by atoms with Gasteiger partial charge in [-0.05, 0) is 23.2 Å². The molecule has 0 spiro atoms. The molecule has 0 saturated carbocycles. The molecule has 1 unspecified atom stereocenters. The number of halogens is 1. The van der Waals surface area contributed by atoms with Crippen LogP contribution in [0, 0.1) is 0 Å². The minimum Gasteiger partial charge on any atom is -0.772 e. The highest BCUT2D eigenvalue weighted by molar-refractivity contribution is 7.78. The molecule has 0 aliphatic carbocycles. The second-order valence-electron chi connectivity index (χ2n) is 2.38. The molecule has 3 nitrogen and oxygen atoms in total. The average molecular weight is 218 g/mol. The third-order valence-electron chi connectivity index (χ3n) is 1.50. The molecule has 1 rings (SSSR count). The van der Waals surface area contributed by atoms with Gasteiger partial charge >= 0.3 is 0 Å². The Morgan fingerprint density at radius 3 is 2.62 bits per heavy atom. The predicted molar refractivity (Wildman–Crippen MR) is 49.2 cm³/mol. The molecular weight excluding hydrogens is 212 g/mol. The zero-order valence-corrected chi connectivity index (χ0v) is 8.10. The van der Waals surface area contributed by atoms with E-state index in [0.29, 0.717) is 5.56 Å². The normalized spacial score (nSPS) is 12.5. The van der Waals surface area contributed by atoms with Crippen LogP contribution < -0.4 is 0 Å². The summed E-state index contributed by atoms with van der Waals surface area (Å²) in [6.45, 7) is 0. The predicted octanol–water partition coefficient (Wildman–Crippen LogP) is 1.44. The highest BCUT2D eigenvalue weighted by Gasteiger charge is 2.07. The maximum absolute atomic E-state index is 10.8. The van der Waals surface area contributed by atoms with E-state index >= 15 is 0 Å². The third-order valence-corrected chi connectivity index (χ3v) is 2.25. The van der Waals surface area contributed by atoms with Gasteiger partial charge in [0, 0.05) is 11.3 Å². The Labute approximate surface area is 83.0 Å².